The lowest BCUT2D eigenvalue weighted by atomic mass is 9.96. The molecule has 5 nitrogen and oxygen atoms in total. The van der Waals surface area contributed by atoms with Gasteiger partial charge in [0.1, 0.15) is 0 Å². The number of carbonyl (C=O) groups is 1. The van der Waals surface area contributed by atoms with Gasteiger partial charge in [-0.1, -0.05) is 19.1 Å². The Morgan fingerprint density at radius 3 is 2.47 bits per heavy atom. The van der Waals surface area contributed by atoms with Crippen LogP contribution in [0.3, 0.4) is 0 Å². The van der Waals surface area contributed by atoms with E-state index in [0.717, 1.165) is 23.4 Å². The Bertz CT molecular complexity index is 644. The van der Waals surface area contributed by atoms with E-state index in [1.807, 2.05) is 26.0 Å². The van der Waals surface area contributed by atoms with Crippen molar-refractivity contribution >= 4 is 5.97 Å². The van der Waals surface area contributed by atoms with E-state index in [1.165, 1.54) is 0 Å². The molecule has 0 radical (unpaired) electrons. The van der Waals surface area contributed by atoms with Crippen molar-refractivity contribution in [1.82, 2.24) is 14.8 Å². The minimum absolute atomic E-state index is 0.304. The van der Waals surface area contributed by atoms with Crippen molar-refractivity contribution in [1.29, 1.82) is 0 Å². The Kier molecular flexibility index (Phi) is 3.38. The monoisotopic (exact) mass is 259 g/mol. The second-order valence-electron chi connectivity index (χ2n) is 4.58. The first-order valence-electron chi connectivity index (χ1n) is 6.19. The van der Waals surface area contributed by atoms with E-state index in [4.69, 9.17) is 0 Å². The van der Waals surface area contributed by atoms with Crippen LogP contribution in [0, 0.1) is 13.8 Å². The molecule has 0 saturated heterocycles. The summed E-state index contributed by atoms with van der Waals surface area (Å²) in [6.07, 6.45) is 0.723. The third kappa shape index (κ3) is 2.23. The number of aryl methyl sites for hydroxylation is 4. The number of nitrogens with zero attached hydrogens (tertiary/aromatic N) is 3. The Labute approximate surface area is 111 Å². The molecule has 19 heavy (non-hydrogen) atoms. The summed E-state index contributed by atoms with van der Waals surface area (Å²) in [5.74, 6) is 0.391. The molecular formula is C14H17N3O2. The lowest BCUT2D eigenvalue weighted by molar-refractivity contribution is 0.0697. The van der Waals surface area contributed by atoms with Crippen LogP contribution in [-0.4, -0.2) is 25.8 Å². The highest BCUT2D eigenvalue weighted by Crippen LogP contribution is 2.28. The van der Waals surface area contributed by atoms with E-state index in [1.54, 1.807) is 18.7 Å². The summed E-state index contributed by atoms with van der Waals surface area (Å²) in [6, 6.07) is 3.73. The van der Waals surface area contributed by atoms with Crippen LogP contribution in [0.1, 0.15) is 34.2 Å². The van der Waals surface area contributed by atoms with Crippen LogP contribution in [0.2, 0.25) is 0 Å². The Balaban J connectivity index is 2.77. The maximum Gasteiger partial charge on any atom is 0.336 e. The molecule has 2 rings (SSSR count). The fraction of sp³-hybridized carbons (Fsp3) is 0.357. The molecule has 1 aromatic carbocycles. The average Bonchev–Trinajstić information content (AvgIpc) is 2.72. The normalized spacial score (nSPS) is 10.7. The second kappa shape index (κ2) is 4.84. The molecule has 5 heteroatoms. The molecule has 0 aliphatic carbocycles. The summed E-state index contributed by atoms with van der Waals surface area (Å²) in [5.41, 5.74) is 2.58. The molecule has 0 atom stereocenters. The SMILES string of the molecule is CCc1nc(-c2c(C)ccc(C)c2C(=O)O)n(C)n1. The number of hydrogen-bond acceptors (Lipinski definition) is 3. The summed E-state index contributed by atoms with van der Waals surface area (Å²) < 4.78 is 1.65. The molecule has 0 fully saturated rings. The Morgan fingerprint density at radius 2 is 1.95 bits per heavy atom. The predicted octanol–water partition coefficient (Wildman–Crippen LogP) is 2.36. The summed E-state index contributed by atoms with van der Waals surface area (Å²) >= 11 is 0. The van der Waals surface area contributed by atoms with Crippen LogP contribution in [0.25, 0.3) is 11.4 Å². The Morgan fingerprint density at radius 1 is 1.32 bits per heavy atom. The Hall–Kier alpha value is -2.17. The van der Waals surface area contributed by atoms with Gasteiger partial charge in [0.15, 0.2) is 11.6 Å². The molecule has 2 aromatic rings. The first-order chi connectivity index (χ1) is 8.95. The average molecular weight is 259 g/mol. The van der Waals surface area contributed by atoms with Gasteiger partial charge in [0.2, 0.25) is 0 Å². The highest BCUT2D eigenvalue weighted by molar-refractivity contribution is 5.97. The third-order valence-corrected chi connectivity index (χ3v) is 3.18. The van der Waals surface area contributed by atoms with E-state index in [9.17, 15) is 9.90 Å². The van der Waals surface area contributed by atoms with Gasteiger partial charge in [-0.25, -0.2) is 14.5 Å². The van der Waals surface area contributed by atoms with Gasteiger partial charge in [-0.05, 0) is 25.0 Å². The molecule has 1 heterocycles. The maximum atomic E-state index is 11.5. The molecule has 0 unspecified atom stereocenters. The third-order valence-electron chi connectivity index (χ3n) is 3.18. The molecule has 0 saturated carbocycles. The number of rotatable bonds is 3. The number of benzene rings is 1. The van der Waals surface area contributed by atoms with Gasteiger partial charge in [0.05, 0.1) is 5.56 Å². The predicted molar refractivity (Wildman–Crippen MR) is 72.3 cm³/mol. The summed E-state index contributed by atoms with van der Waals surface area (Å²) in [6.45, 7) is 5.66. The van der Waals surface area contributed by atoms with Gasteiger partial charge in [-0.3, -0.25) is 0 Å². The molecule has 0 aliphatic rings. The smallest absolute Gasteiger partial charge is 0.336 e. The number of hydrogen-bond donors (Lipinski definition) is 1. The van der Waals surface area contributed by atoms with Crippen molar-refractivity contribution in [3.63, 3.8) is 0 Å². The van der Waals surface area contributed by atoms with Crippen LogP contribution >= 0.6 is 0 Å². The number of carboxylic acid groups (broad SMARTS) is 1. The maximum absolute atomic E-state index is 11.5. The second-order valence-corrected chi connectivity index (χ2v) is 4.58. The summed E-state index contributed by atoms with van der Waals surface area (Å²) in [7, 11) is 1.79. The lowest BCUT2D eigenvalue weighted by Gasteiger charge is -2.11. The van der Waals surface area contributed by atoms with Crippen LogP contribution in [-0.2, 0) is 13.5 Å². The molecule has 0 aliphatic heterocycles. The van der Waals surface area contributed by atoms with Gasteiger partial charge in [0, 0.05) is 19.0 Å². The minimum Gasteiger partial charge on any atom is -0.478 e. The van der Waals surface area contributed by atoms with E-state index < -0.39 is 5.97 Å². The van der Waals surface area contributed by atoms with E-state index in [-0.39, 0.29) is 0 Å². The van der Waals surface area contributed by atoms with Crippen molar-refractivity contribution in [3.05, 3.63) is 34.6 Å². The van der Waals surface area contributed by atoms with Crippen molar-refractivity contribution < 1.29 is 9.90 Å². The zero-order valence-electron chi connectivity index (χ0n) is 11.6. The zero-order valence-corrected chi connectivity index (χ0v) is 11.6. The first kappa shape index (κ1) is 13.3. The quantitative estimate of drug-likeness (QED) is 0.918. The highest BCUT2D eigenvalue weighted by Gasteiger charge is 2.21. The van der Waals surface area contributed by atoms with Gasteiger partial charge >= 0.3 is 5.97 Å². The van der Waals surface area contributed by atoms with E-state index >= 15 is 0 Å². The standard InChI is InChI=1S/C14H17N3O2/c1-5-10-15-13(17(4)16-10)11-8(2)6-7-9(3)12(11)14(18)19/h6-7H,5H2,1-4H3,(H,18,19). The first-order valence-corrected chi connectivity index (χ1v) is 6.19. The fourth-order valence-corrected chi connectivity index (χ4v) is 2.18. The van der Waals surface area contributed by atoms with Crippen molar-refractivity contribution in [2.24, 2.45) is 7.05 Å². The van der Waals surface area contributed by atoms with Gasteiger partial charge in [-0.2, -0.15) is 5.10 Å². The number of aromatic nitrogens is 3. The van der Waals surface area contributed by atoms with Crippen molar-refractivity contribution in [2.45, 2.75) is 27.2 Å². The lowest BCUT2D eigenvalue weighted by Crippen LogP contribution is -2.07. The minimum atomic E-state index is -0.933. The van der Waals surface area contributed by atoms with Gasteiger partial charge < -0.3 is 5.11 Å². The van der Waals surface area contributed by atoms with Gasteiger partial charge in [0.25, 0.3) is 0 Å². The highest BCUT2D eigenvalue weighted by atomic mass is 16.4. The molecule has 100 valence electrons. The van der Waals surface area contributed by atoms with Crippen LogP contribution in [0.4, 0.5) is 0 Å². The van der Waals surface area contributed by atoms with E-state index in [0.29, 0.717) is 17.0 Å². The zero-order chi connectivity index (χ0) is 14.2. The van der Waals surface area contributed by atoms with Gasteiger partial charge in [-0.15, -0.1) is 0 Å². The summed E-state index contributed by atoms with van der Waals surface area (Å²) in [5, 5.41) is 13.7. The molecule has 0 bridgehead atoms. The van der Waals surface area contributed by atoms with E-state index in [2.05, 4.69) is 10.1 Å². The molecule has 0 spiro atoms. The molecule has 1 aromatic heterocycles. The van der Waals surface area contributed by atoms with Crippen LogP contribution in [0.15, 0.2) is 12.1 Å². The largest absolute Gasteiger partial charge is 0.478 e. The molecule has 0 amide bonds. The molecular weight excluding hydrogens is 242 g/mol. The summed E-state index contributed by atoms with van der Waals surface area (Å²) in [4.78, 5) is 15.9. The van der Waals surface area contributed by atoms with Crippen LogP contribution < -0.4 is 0 Å². The van der Waals surface area contributed by atoms with Crippen molar-refractivity contribution in [3.8, 4) is 11.4 Å². The van der Waals surface area contributed by atoms with Crippen molar-refractivity contribution in [2.75, 3.05) is 0 Å². The topological polar surface area (TPSA) is 68.0 Å². The number of carboxylic acids is 1. The number of aromatic carboxylic acids is 1. The fourth-order valence-electron chi connectivity index (χ4n) is 2.18. The van der Waals surface area contributed by atoms with Crippen LogP contribution in [0.5, 0.6) is 0 Å². The molecule has 1 N–H and O–H groups in total.